The van der Waals surface area contributed by atoms with Crippen LogP contribution in [-0.4, -0.2) is 5.90 Å². The molecule has 0 heterocycles. The van der Waals surface area contributed by atoms with Gasteiger partial charge in [0.05, 0.1) is 46.5 Å². The molecule has 0 N–H and O–H groups in total. The Bertz CT molecular complexity index is 1250. The second-order valence-electron chi connectivity index (χ2n) is 7.63. The summed E-state index contributed by atoms with van der Waals surface area (Å²) in [5, 5.41) is 41.6. The Morgan fingerprint density at radius 1 is 0.371 bits per heavy atom. The minimum atomic E-state index is -0.815. The third kappa shape index (κ3) is 5.62. The van der Waals surface area contributed by atoms with Crippen molar-refractivity contribution in [3.8, 4) is 24.3 Å². The van der Waals surface area contributed by atoms with Crippen LogP contribution in [0.3, 0.4) is 0 Å². The average Bonchev–Trinajstić information content (AvgIpc) is 2.94. The fourth-order valence-corrected chi connectivity index (χ4v) is 10.0. The minimum Gasteiger partial charge on any atom is -0.192 e. The molecule has 0 fully saturated rings. The van der Waals surface area contributed by atoms with Crippen molar-refractivity contribution in [2.75, 3.05) is 5.90 Å². The van der Waals surface area contributed by atoms with Gasteiger partial charge in [-0.25, -0.2) is 0 Å². The summed E-state index contributed by atoms with van der Waals surface area (Å²) in [6.45, 7) is 0. The molecule has 0 aliphatic heterocycles. The van der Waals surface area contributed by atoms with Crippen molar-refractivity contribution in [2.24, 2.45) is 0 Å². The first-order chi connectivity index (χ1) is 17.1. The molecule has 0 unspecified atom stereocenters. The van der Waals surface area contributed by atoms with E-state index in [1.54, 1.807) is 0 Å². The molecular weight excluding hydrogens is 466 g/mol. The van der Waals surface area contributed by atoms with Gasteiger partial charge in [-0.3, -0.25) is 0 Å². The van der Waals surface area contributed by atoms with Crippen LogP contribution < -0.4 is 21.2 Å². The maximum absolute atomic E-state index is 9.25. The van der Waals surface area contributed by atoms with Crippen molar-refractivity contribution >= 4 is 37.1 Å². The summed E-state index contributed by atoms with van der Waals surface area (Å²) in [6.07, 6.45) is 0. The molecule has 6 heteroatoms. The molecular formula is C29H18N4P2. The van der Waals surface area contributed by atoms with Crippen molar-refractivity contribution in [1.29, 1.82) is 21.0 Å². The number of nitrogens with zero attached hydrogens (tertiary/aromatic N) is 4. The molecule has 0 saturated heterocycles. The molecule has 0 aliphatic rings. The van der Waals surface area contributed by atoms with E-state index < -0.39 is 15.8 Å². The highest BCUT2D eigenvalue weighted by molar-refractivity contribution is 7.88. The second-order valence-corrected chi connectivity index (χ2v) is 12.5. The molecule has 164 valence electrons. The van der Waals surface area contributed by atoms with E-state index in [-0.39, 0.29) is 0 Å². The first kappa shape index (κ1) is 23.8. The van der Waals surface area contributed by atoms with Crippen LogP contribution in [0.2, 0.25) is 0 Å². The van der Waals surface area contributed by atoms with Crippen molar-refractivity contribution in [2.45, 2.75) is 0 Å². The Hall–Kier alpha value is -4.30. The van der Waals surface area contributed by atoms with Crippen LogP contribution in [0.4, 0.5) is 0 Å². The van der Waals surface area contributed by atoms with E-state index in [0.717, 1.165) is 27.1 Å². The van der Waals surface area contributed by atoms with Gasteiger partial charge in [-0.15, -0.1) is 0 Å². The molecule has 0 atom stereocenters. The van der Waals surface area contributed by atoms with Gasteiger partial charge in [-0.05, 0) is 85.6 Å². The molecule has 0 bridgehead atoms. The monoisotopic (exact) mass is 484 g/mol. The van der Waals surface area contributed by atoms with Crippen LogP contribution in [0, 0.1) is 45.3 Å². The zero-order valence-corrected chi connectivity index (χ0v) is 20.4. The molecule has 35 heavy (non-hydrogen) atoms. The molecule has 0 spiro atoms. The van der Waals surface area contributed by atoms with Crippen molar-refractivity contribution in [3.63, 3.8) is 0 Å². The van der Waals surface area contributed by atoms with E-state index in [9.17, 15) is 21.0 Å². The highest BCUT2D eigenvalue weighted by atomic mass is 31.2. The smallest absolute Gasteiger partial charge is 0.0991 e. The van der Waals surface area contributed by atoms with E-state index in [0.29, 0.717) is 22.3 Å². The minimum absolute atomic E-state index is 0.616. The molecule has 4 nitrogen and oxygen atoms in total. The summed E-state index contributed by atoms with van der Waals surface area (Å²) in [5.41, 5.74) is 2.46. The quantitative estimate of drug-likeness (QED) is 0.371. The van der Waals surface area contributed by atoms with Gasteiger partial charge in [0.25, 0.3) is 0 Å². The van der Waals surface area contributed by atoms with E-state index in [1.165, 1.54) is 0 Å². The first-order valence-electron chi connectivity index (χ1n) is 10.7. The largest absolute Gasteiger partial charge is 0.192 e. The van der Waals surface area contributed by atoms with Gasteiger partial charge >= 0.3 is 0 Å². The molecule has 0 saturated carbocycles. The summed E-state index contributed by atoms with van der Waals surface area (Å²) < 4.78 is 0. The molecule has 0 amide bonds. The van der Waals surface area contributed by atoms with Gasteiger partial charge in [0.2, 0.25) is 0 Å². The average molecular weight is 484 g/mol. The maximum Gasteiger partial charge on any atom is 0.0991 e. The molecule has 0 radical (unpaired) electrons. The van der Waals surface area contributed by atoms with E-state index in [2.05, 4.69) is 24.3 Å². The maximum atomic E-state index is 9.25. The zero-order chi connectivity index (χ0) is 24.6. The Labute approximate surface area is 207 Å². The number of hydrogen-bond donors (Lipinski definition) is 0. The third-order valence-corrected chi connectivity index (χ3v) is 11.5. The summed E-state index contributed by atoms with van der Waals surface area (Å²) >= 11 is 0. The van der Waals surface area contributed by atoms with Crippen LogP contribution >= 0.6 is 15.8 Å². The van der Waals surface area contributed by atoms with Gasteiger partial charge in [0.15, 0.2) is 0 Å². The zero-order valence-electron chi connectivity index (χ0n) is 18.6. The van der Waals surface area contributed by atoms with E-state index in [4.69, 9.17) is 0 Å². The Kier molecular flexibility index (Phi) is 7.64. The van der Waals surface area contributed by atoms with Crippen LogP contribution in [0.5, 0.6) is 0 Å². The fraction of sp³-hybridized carbons (Fsp3) is 0.0345. The van der Waals surface area contributed by atoms with Crippen LogP contribution in [0.25, 0.3) is 0 Å². The molecule has 4 aromatic rings. The number of rotatable bonds is 6. The van der Waals surface area contributed by atoms with Gasteiger partial charge in [0.1, 0.15) is 0 Å². The first-order valence-corrected chi connectivity index (χ1v) is 13.8. The fourth-order valence-electron chi connectivity index (χ4n) is 3.63. The standard InChI is InChI=1S/C29H18N4P2/c30-17-22-1-9-26(10-2-22)34(27-11-3-23(18-31)4-12-27)21-35(28-13-5-24(19-32)6-14-28)29-15-7-25(20-33)8-16-29/h1-16H,21H2. The summed E-state index contributed by atoms with van der Waals surface area (Å²) in [6, 6.07) is 39.7. The van der Waals surface area contributed by atoms with Crippen LogP contribution in [0.1, 0.15) is 22.3 Å². The summed E-state index contributed by atoms with van der Waals surface area (Å²) in [7, 11) is -1.63. The predicted molar refractivity (Wildman–Crippen MR) is 142 cm³/mol. The normalized spacial score (nSPS) is 10.2. The Morgan fingerprint density at radius 3 is 0.743 bits per heavy atom. The van der Waals surface area contributed by atoms with Gasteiger partial charge in [-0.2, -0.15) is 21.0 Å². The highest BCUT2D eigenvalue weighted by Crippen LogP contribution is 2.48. The van der Waals surface area contributed by atoms with Gasteiger partial charge in [0, 0.05) is 5.90 Å². The van der Waals surface area contributed by atoms with E-state index in [1.807, 2.05) is 97.1 Å². The SMILES string of the molecule is N#Cc1ccc(P(CP(c2ccc(C#N)cc2)c2ccc(C#N)cc2)c2ccc(C#N)cc2)cc1. The van der Waals surface area contributed by atoms with Crippen LogP contribution in [0.15, 0.2) is 97.1 Å². The lowest BCUT2D eigenvalue weighted by Gasteiger charge is -2.26. The lowest BCUT2D eigenvalue weighted by atomic mass is 10.2. The van der Waals surface area contributed by atoms with Crippen molar-refractivity contribution in [1.82, 2.24) is 0 Å². The molecule has 0 aromatic heterocycles. The third-order valence-electron chi connectivity index (χ3n) is 5.52. The predicted octanol–water partition coefficient (Wildman–Crippen LogP) is 4.70. The highest BCUT2D eigenvalue weighted by Gasteiger charge is 2.23. The lowest BCUT2D eigenvalue weighted by Crippen LogP contribution is -2.20. The van der Waals surface area contributed by atoms with Crippen LogP contribution in [-0.2, 0) is 0 Å². The summed E-state index contributed by atoms with van der Waals surface area (Å²) in [5.74, 6) is 0.847. The number of hydrogen-bond acceptors (Lipinski definition) is 4. The topological polar surface area (TPSA) is 95.2 Å². The van der Waals surface area contributed by atoms with E-state index >= 15 is 0 Å². The van der Waals surface area contributed by atoms with Gasteiger partial charge < -0.3 is 0 Å². The number of benzene rings is 4. The molecule has 4 aromatic carbocycles. The molecule has 4 rings (SSSR count). The van der Waals surface area contributed by atoms with Crippen molar-refractivity contribution in [3.05, 3.63) is 119 Å². The molecule has 0 aliphatic carbocycles. The number of nitriles is 4. The lowest BCUT2D eigenvalue weighted by molar-refractivity contribution is 1.49. The Morgan fingerprint density at radius 2 is 0.571 bits per heavy atom. The second kappa shape index (κ2) is 11.2. The van der Waals surface area contributed by atoms with Crippen molar-refractivity contribution < 1.29 is 0 Å². The Balaban J connectivity index is 1.81. The summed E-state index contributed by atoms with van der Waals surface area (Å²) in [4.78, 5) is 0. The van der Waals surface area contributed by atoms with Gasteiger partial charge in [-0.1, -0.05) is 48.5 Å².